The number of hydrogen-bond acceptors (Lipinski definition) is 2. The van der Waals surface area contributed by atoms with Gasteiger partial charge in [-0.05, 0) is 25.8 Å². The van der Waals surface area contributed by atoms with Crippen LogP contribution < -0.4 is 0 Å². The van der Waals surface area contributed by atoms with E-state index in [2.05, 4.69) is 11.7 Å². The first-order chi connectivity index (χ1) is 4.35. The van der Waals surface area contributed by atoms with Crippen molar-refractivity contribution in [3.63, 3.8) is 0 Å². The maximum absolute atomic E-state index is 4.89. The largest absolute Gasteiger partial charge is 0.497 e. The summed E-state index contributed by atoms with van der Waals surface area (Å²) in [5.74, 6) is 0.794. The van der Waals surface area contributed by atoms with Gasteiger partial charge in [0.15, 0.2) is 0 Å². The minimum atomic E-state index is 0.794. The van der Waals surface area contributed by atoms with E-state index >= 15 is 0 Å². The Labute approximate surface area is 55.6 Å². The highest BCUT2D eigenvalue weighted by Gasteiger charge is 1.80. The smallest absolute Gasteiger partial charge is 0.116 e. The molecule has 50 valence electrons. The third-order valence-corrected chi connectivity index (χ3v) is 0.864. The van der Waals surface area contributed by atoms with E-state index in [1.165, 1.54) is 0 Å². The lowest BCUT2D eigenvalue weighted by Crippen LogP contribution is -1.78. The SMILES string of the molecule is C=N/C=C\C(=C/C)OC. The highest BCUT2D eigenvalue weighted by atomic mass is 16.5. The van der Waals surface area contributed by atoms with Crippen LogP contribution in [0.5, 0.6) is 0 Å². The summed E-state index contributed by atoms with van der Waals surface area (Å²) >= 11 is 0. The van der Waals surface area contributed by atoms with Gasteiger partial charge in [0.2, 0.25) is 0 Å². The molecule has 0 bridgehead atoms. The normalized spacial score (nSPS) is 12.0. The van der Waals surface area contributed by atoms with E-state index in [0.29, 0.717) is 0 Å². The van der Waals surface area contributed by atoms with E-state index in [0.717, 1.165) is 5.76 Å². The lowest BCUT2D eigenvalue weighted by molar-refractivity contribution is 0.306. The Morgan fingerprint density at radius 2 is 2.33 bits per heavy atom. The van der Waals surface area contributed by atoms with Crippen molar-refractivity contribution in [1.29, 1.82) is 0 Å². The molecule has 0 aromatic heterocycles. The third-order valence-electron chi connectivity index (χ3n) is 0.864. The fourth-order valence-corrected chi connectivity index (χ4v) is 0.408. The Hall–Kier alpha value is -1.05. The fraction of sp³-hybridized carbons (Fsp3) is 0.286. The molecule has 0 aromatic rings. The van der Waals surface area contributed by atoms with Crippen LogP contribution in [0, 0.1) is 0 Å². The van der Waals surface area contributed by atoms with Crippen LogP contribution in [0.3, 0.4) is 0 Å². The molecule has 9 heavy (non-hydrogen) atoms. The Balaban J connectivity index is 3.84. The monoisotopic (exact) mass is 125 g/mol. The zero-order chi connectivity index (χ0) is 7.11. The first-order valence-corrected chi connectivity index (χ1v) is 2.67. The average Bonchev–Trinajstić information content (AvgIpc) is 1.91. The van der Waals surface area contributed by atoms with Crippen LogP contribution >= 0.6 is 0 Å². The fourth-order valence-electron chi connectivity index (χ4n) is 0.408. The molecule has 0 aromatic carbocycles. The Bertz CT molecular complexity index is 136. The second-order valence-corrected chi connectivity index (χ2v) is 1.39. The zero-order valence-electron chi connectivity index (χ0n) is 5.79. The molecule has 0 saturated heterocycles. The van der Waals surface area contributed by atoms with E-state index in [9.17, 15) is 0 Å². The summed E-state index contributed by atoms with van der Waals surface area (Å²) in [6.45, 7) is 5.18. The molecule has 0 radical (unpaired) electrons. The van der Waals surface area contributed by atoms with Crippen LogP contribution in [-0.2, 0) is 4.74 Å². The van der Waals surface area contributed by atoms with Gasteiger partial charge in [0, 0.05) is 6.20 Å². The minimum absolute atomic E-state index is 0.794. The molecule has 0 amide bonds. The van der Waals surface area contributed by atoms with Crippen LogP contribution in [0.4, 0.5) is 0 Å². The molecular formula is C7H11NO. The highest BCUT2D eigenvalue weighted by molar-refractivity contribution is 5.26. The summed E-state index contributed by atoms with van der Waals surface area (Å²) in [7, 11) is 1.61. The maximum atomic E-state index is 4.89. The second-order valence-electron chi connectivity index (χ2n) is 1.39. The van der Waals surface area contributed by atoms with Gasteiger partial charge >= 0.3 is 0 Å². The molecule has 0 aliphatic heterocycles. The molecule has 0 aliphatic carbocycles. The topological polar surface area (TPSA) is 21.6 Å². The van der Waals surface area contributed by atoms with Gasteiger partial charge < -0.3 is 4.74 Å². The van der Waals surface area contributed by atoms with Crippen molar-refractivity contribution in [3.05, 3.63) is 24.1 Å². The zero-order valence-corrected chi connectivity index (χ0v) is 5.79. The number of aliphatic imine (C=N–C) groups is 1. The summed E-state index contributed by atoms with van der Waals surface area (Å²) in [6, 6.07) is 0. The van der Waals surface area contributed by atoms with Crippen molar-refractivity contribution in [3.8, 4) is 0 Å². The summed E-state index contributed by atoms with van der Waals surface area (Å²) in [5, 5.41) is 0. The van der Waals surface area contributed by atoms with Crippen LogP contribution in [0.2, 0.25) is 0 Å². The Morgan fingerprint density at radius 3 is 2.67 bits per heavy atom. The highest BCUT2D eigenvalue weighted by Crippen LogP contribution is 1.95. The van der Waals surface area contributed by atoms with E-state index < -0.39 is 0 Å². The average molecular weight is 125 g/mol. The summed E-state index contributed by atoms with van der Waals surface area (Å²) in [4.78, 5) is 3.52. The second kappa shape index (κ2) is 5.09. The molecule has 0 aliphatic rings. The van der Waals surface area contributed by atoms with Crippen LogP contribution in [0.25, 0.3) is 0 Å². The van der Waals surface area contributed by atoms with Crippen LogP contribution in [0.1, 0.15) is 6.92 Å². The quantitative estimate of drug-likeness (QED) is 0.320. The van der Waals surface area contributed by atoms with Crippen molar-refractivity contribution >= 4 is 6.72 Å². The van der Waals surface area contributed by atoms with Crippen molar-refractivity contribution in [2.75, 3.05) is 7.11 Å². The molecule has 0 N–H and O–H groups in total. The molecule has 0 spiro atoms. The van der Waals surface area contributed by atoms with Crippen LogP contribution in [0.15, 0.2) is 29.1 Å². The molecule has 0 unspecified atom stereocenters. The lowest BCUT2D eigenvalue weighted by Gasteiger charge is -1.94. The van der Waals surface area contributed by atoms with Crippen molar-refractivity contribution in [2.24, 2.45) is 4.99 Å². The van der Waals surface area contributed by atoms with Gasteiger partial charge in [-0.2, -0.15) is 0 Å². The van der Waals surface area contributed by atoms with Crippen molar-refractivity contribution < 1.29 is 4.74 Å². The number of nitrogens with zero attached hydrogens (tertiary/aromatic N) is 1. The van der Waals surface area contributed by atoms with Gasteiger partial charge in [-0.1, -0.05) is 0 Å². The summed E-state index contributed by atoms with van der Waals surface area (Å²) in [6.07, 6.45) is 5.17. The molecule has 2 nitrogen and oxygen atoms in total. The van der Waals surface area contributed by atoms with Gasteiger partial charge in [-0.15, -0.1) is 0 Å². The van der Waals surface area contributed by atoms with Crippen molar-refractivity contribution in [2.45, 2.75) is 6.92 Å². The number of allylic oxidation sites excluding steroid dienone is 2. The minimum Gasteiger partial charge on any atom is -0.497 e. The molecule has 0 saturated carbocycles. The molecule has 0 heterocycles. The molecule has 0 fully saturated rings. The van der Waals surface area contributed by atoms with Gasteiger partial charge in [0.05, 0.1) is 7.11 Å². The predicted molar refractivity (Wildman–Crippen MR) is 39.5 cm³/mol. The predicted octanol–water partition coefficient (Wildman–Crippen LogP) is 1.75. The van der Waals surface area contributed by atoms with Gasteiger partial charge in [0.1, 0.15) is 5.76 Å². The summed E-state index contributed by atoms with van der Waals surface area (Å²) < 4.78 is 4.89. The maximum Gasteiger partial charge on any atom is 0.116 e. The van der Waals surface area contributed by atoms with E-state index in [-0.39, 0.29) is 0 Å². The molecule has 0 rings (SSSR count). The first-order valence-electron chi connectivity index (χ1n) is 2.67. The molecule has 2 heteroatoms. The molecular weight excluding hydrogens is 114 g/mol. The van der Waals surface area contributed by atoms with Gasteiger partial charge in [-0.3, -0.25) is 4.99 Å². The number of methoxy groups -OCH3 is 1. The lowest BCUT2D eigenvalue weighted by atomic mass is 10.4. The summed E-state index contributed by atoms with van der Waals surface area (Å²) in [5.41, 5.74) is 0. The van der Waals surface area contributed by atoms with Gasteiger partial charge in [0.25, 0.3) is 0 Å². The van der Waals surface area contributed by atoms with E-state index in [4.69, 9.17) is 4.74 Å². The number of rotatable bonds is 3. The Kier molecular flexibility index (Phi) is 4.50. The Morgan fingerprint density at radius 1 is 1.67 bits per heavy atom. The number of ether oxygens (including phenoxy) is 1. The standard InChI is InChI=1S/C7H11NO/c1-4-7(9-3)5-6-8-2/h4-6H,2H2,1,3H3/b6-5-,7-4+. The van der Waals surface area contributed by atoms with Crippen LogP contribution in [-0.4, -0.2) is 13.8 Å². The van der Waals surface area contributed by atoms with Gasteiger partial charge in [-0.25, -0.2) is 0 Å². The van der Waals surface area contributed by atoms with E-state index in [1.54, 1.807) is 19.4 Å². The third kappa shape index (κ3) is 3.53. The molecule has 0 atom stereocenters. The van der Waals surface area contributed by atoms with E-state index in [1.807, 2.05) is 13.0 Å². The van der Waals surface area contributed by atoms with Crippen molar-refractivity contribution in [1.82, 2.24) is 0 Å². The first kappa shape index (κ1) is 7.95. The number of hydrogen-bond donors (Lipinski definition) is 0.